The van der Waals surface area contributed by atoms with Gasteiger partial charge in [0.25, 0.3) is 0 Å². The molecule has 0 saturated carbocycles. The molecule has 0 saturated heterocycles. The molecule has 0 aliphatic carbocycles. The number of hydrogen-bond acceptors (Lipinski definition) is 3. The third kappa shape index (κ3) is 2.61. The number of carbonyl (C=O) groups excluding carboxylic acids is 1. The molecule has 20 heavy (non-hydrogen) atoms. The molecule has 0 unspecified atom stereocenters. The van der Waals surface area contributed by atoms with Crippen LogP contribution in [0.3, 0.4) is 0 Å². The van der Waals surface area contributed by atoms with Crippen LogP contribution in [0.25, 0.3) is 0 Å². The maximum Gasteiger partial charge on any atom is 0.198 e. The highest BCUT2D eigenvalue weighted by atomic mass is 19.2. The summed E-state index contributed by atoms with van der Waals surface area (Å²) in [6.45, 7) is 2.14. The Hall–Kier alpha value is -2.43. The Morgan fingerprint density at radius 3 is 2.60 bits per heavy atom. The van der Waals surface area contributed by atoms with E-state index in [0.29, 0.717) is 12.4 Å². The van der Waals surface area contributed by atoms with Gasteiger partial charge in [-0.15, -0.1) is 0 Å². The summed E-state index contributed by atoms with van der Waals surface area (Å²) in [6.07, 6.45) is 0. The Morgan fingerprint density at radius 2 is 1.95 bits per heavy atom. The Bertz CT molecular complexity index is 656. The molecule has 0 aliphatic rings. The number of benzene rings is 2. The summed E-state index contributed by atoms with van der Waals surface area (Å²) in [4.78, 5) is 12.4. The molecule has 0 spiro atoms. The molecular weight excluding hydrogens is 264 g/mol. The van der Waals surface area contributed by atoms with Crippen LogP contribution in [0.1, 0.15) is 22.8 Å². The first-order chi connectivity index (χ1) is 9.54. The summed E-state index contributed by atoms with van der Waals surface area (Å²) in [5, 5.41) is 0. The maximum atomic E-state index is 13.2. The van der Waals surface area contributed by atoms with Crippen molar-refractivity contribution in [1.29, 1.82) is 0 Å². The van der Waals surface area contributed by atoms with Gasteiger partial charge in [-0.05, 0) is 37.3 Å². The molecule has 0 radical (unpaired) electrons. The summed E-state index contributed by atoms with van der Waals surface area (Å²) >= 11 is 0. The van der Waals surface area contributed by atoms with E-state index in [-0.39, 0.29) is 16.8 Å². The van der Waals surface area contributed by atoms with E-state index >= 15 is 0 Å². The molecule has 0 atom stereocenters. The molecule has 0 fully saturated rings. The van der Waals surface area contributed by atoms with E-state index in [2.05, 4.69) is 0 Å². The van der Waals surface area contributed by atoms with Gasteiger partial charge in [0.15, 0.2) is 17.4 Å². The molecule has 3 nitrogen and oxygen atoms in total. The zero-order chi connectivity index (χ0) is 14.7. The summed E-state index contributed by atoms with van der Waals surface area (Å²) in [7, 11) is 0. The zero-order valence-corrected chi connectivity index (χ0v) is 10.8. The van der Waals surface area contributed by atoms with E-state index in [9.17, 15) is 13.6 Å². The lowest BCUT2D eigenvalue weighted by Gasteiger charge is -2.11. The quantitative estimate of drug-likeness (QED) is 0.689. The maximum absolute atomic E-state index is 13.2. The van der Waals surface area contributed by atoms with Crippen LogP contribution in [-0.2, 0) is 0 Å². The third-order valence-corrected chi connectivity index (χ3v) is 2.77. The van der Waals surface area contributed by atoms with Crippen LogP contribution in [0, 0.1) is 11.6 Å². The number of carbonyl (C=O) groups is 1. The number of ketones is 1. The van der Waals surface area contributed by atoms with E-state index in [0.717, 1.165) is 12.1 Å². The highest BCUT2D eigenvalue weighted by Gasteiger charge is 2.19. The largest absolute Gasteiger partial charge is 0.493 e. The van der Waals surface area contributed by atoms with Crippen LogP contribution in [0.5, 0.6) is 5.75 Å². The van der Waals surface area contributed by atoms with Crippen molar-refractivity contribution in [3.8, 4) is 5.75 Å². The van der Waals surface area contributed by atoms with Gasteiger partial charge in [0.2, 0.25) is 0 Å². The van der Waals surface area contributed by atoms with E-state index < -0.39 is 17.4 Å². The average molecular weight is 277 g/mol. The topological polar surface area (TPSA) is 52.3 Å². The molecule has 2 rings (SSSR count). The molecule has 5 heteroatoms. The first-order valence-electron chi connectivity index (χ1n) is 6.05. The monoisotopic (exact) mass is 277 g/mol. The molecule has 2 N–H and O–H groups in total. The summed E-state index contributed by atoms with van der Waals surface area (Å²) in [5.74, 6) is -2.27. The van der Waals surface area contributed by atoms with E-state index in [1.54, 1.807) is 25.1 Å². The highest BCUT2D eigenvalue weighted by Crippen LogP contribution is 2.27. The smallest absolute Gasteiger partial charge is 0.198 e. The fraction of sp³-hybridized carbons (Fsp3) is 0.133. The number of rotatable bonds is 4. The van der Waals surface area contributed by atoms with Crippen molar-refractivity contribution < 1.29 is 18.3 Å². The van der Waals surface area contributed by atoms with Gasteiger partial charge in [-0.3, -0.25) is 4.79 Å². The van der Waals surface area contributed by atoms with Crippen LogP contribution < -0.4 is 10.5 Å². The molecule has 104 valence electrons. The number of hydrogen-bond donors (Lipinski definition) is 1. The second kappa shape index (κ2) is 5.69. The molecule has 2 aromatic rings. The first-order valence-corrected chi connectivity index (χ1v) is 6.05. The second-order valence-corrected chi connectivity index (χ2v) is 4.11. The SMILES string of the molecule is CCOc1cccc(N)c1C(=O)c1ccc(F)c(F)c1. The van der Waals surface area contributed by atoms with Crippen molar-refractivity contribution in [3.63, 3.8) is 0 Å². The number of nitrogens with two attached hydrogens (primary N) is 1. The van der Waals surface area contributed by atoms with Crippen molar-refractivity contribution in [2.75, 3.05) is 12.3 Å². The van der Waals surface area contributed by atoms with Crippen molar-refractivity contribution in [2.45, 2.75) is 6.92 Å². The fourth-order valence-corrected chi connectivity index (χ4v) is 1.85. The fourth-order valence-electron chi connectivity index (χ4n) is 1.85. The summed E-state index contributed by atoms with van der Waals surface area (Å²) in [6, 6.07) is 7.77. The van der Waals surface area contributed by atoms with Crippen LogP contribution in [0.2, 0.25) is 0 Å². The van der Waals surface area contributed by atoms with Gasteiger partial charge in [-0.2, -0.15) is 0 Å². The van der Waals surface area contributed by atoms with Gasteiger partial charge in [0, 0.05) is 11.3 Å². The van der Waals surface area contributed by atoms with Gasteiger partial charge in [0.05, 0.1) is 12.2 Å². The number of anilines is 1. The van der Waals surface area contributed by atoms with E-state index in [4.69, 9.17) is 10.5 Å². The number of nitrogen functional groups attached to an aromatic ring is 1. The Morgan fingerprint density at radius 1 is 1.20 bits per heavy atom. The Balaban J connectivity index is 2.50. The van der Waals surface area contributed by atoms with Crippen LogP contribution in [0.4, 0.5) is 14.5 Å². The van der Waals surface area contributed by atoms with Gasteiger partial charge in [-0.1, -0.05) is 6.07 Å². The zero-order valence-electron chi connectivity index (χ0n) is 10.8. The highest BCUT2D eigenvalue weighted by molar-refractivity contribution is 6.13. The molecular formula is C15H13F2NO2. The second-order valence-electron chi connectivity index (χ2n) is 4.11. The van der Waals surface area contributed by atoms with Gasteiger partial charge < -0.3 is 10.5 Å². The summed E-state index contributed by atoms with van der Waals surface area (Å²) < 4.78 is 31.5. The molecule has 2 aromatic carbocycles. The molecule has 0 heterocycles. The number of halogens is 2. The molecule has 0 aromatic heterocycles. The van der Waals surface area contributed by atoms with Crippen molar-refractivity contribution in [3.05, 3.63) is 59.2 Å². The summed E-state index contributed by atoms with van der Waals surface area (Å²) in [5.41, 5.74) is 6.19. The lowest BCUT2D eigenvalue weighted by atomic mass is 10.0. The third-order valence-electron chi connectivity index (χ3n) is 2.77. The lowest BCUT2D eigenvalue weighted by molar-refractivity contribution is 0.103. The minimum absolute atomic E-state index is 0.0164. The standard InChI is InChI=1S/C15H13F2NO2/c1-2-20-13-5-3-4-12(18)14(13)15(19)9-6-7-10(16)11(17)8-9/h3-8H,2,18H2,1H3. The minimum Gasteiger partial charge on any atom is -0.493 e. The Kier molecular flexibility index (Phi) is 3.98. The van der Waals surface area contributed by atoms with Crippen LogP contribution in [0.15, 0.2) is 36.4 Å². The van der Waals surface area contributed by atoms with Crippen LogP contribution >= 0.6 is 0 Å². The van der Waals surface area contributed by atoms with Crippen molar-refractivity contribution in [1.82, 2.24) is 0 Å². The average Bonchev–Trinajstić information content (AvgIpc) is 2.42. The van der Waals surface area contributed by atoms with Gasteiger partial charge in [-0.25, -0.2) is 8.78 Å². The molecule has 0 amide bonds. The minimum atomic E-state index is -1.08. The van der Waals surface area contributed by atoms with Crippen molar-refractivity contribution >= 4 is 11.5 Å². The van der Waals surface area contributed by atoms with Crippen molar-refractivity contribution in [2.24, 2.45) is 0 Å². The van der Waals surface area contributed by atoms with Crippen LogP contribution in [-0.4, -0.2) is 12.4 Å². The van der Waals surface area contributed by atoms with Gasteiger partial charge >= 0.3 is 0 Å². The van der Waals surface area contributed by atoms with E-state index in [1.807, 2.05) is 0 Å². The predicted molar refractivity (Wildman–Crippen MR) is 71.8 cm³/mol. The first kappa shape index (κ1) is 14.0. The predicted octanol–water partition coefficient (Wildman–Crippen LogP) is 3.18. The molecule has 0 bridgehead atoms. The number of ether oxygens (including phenoxy) is 1. The lowest BCUT2D eigenvalue weighted by Crippen LogP contribution is -2.09. The van der Waals surface area contributed by atoms with E-state index in [1.165, 1.54) is 6.07 Å². The molecule has 0 aliphatic heterocycles. The van der Waals surface area contributed by atoms with Gasteiger partial charge in [0.1, 0.15) is 5.75 Å². The normalized spacial score (nSPS) is 10.3. The Labute approximate surface area is 115 Å².